The van der Waals surface area contributed by atoms with E-state index < -0.39 is 0 Å². The molecule has 3 atom stereocenters. The van der Waals surface area contributed by atoms with Gasteiger partial charge in [0.25, 0.3) is 0 Å². The smallest absolute Gasteiger partial charge is 0.249 e. The number of fused-ring (bicyclic) bond motifs is 1. The van der Waals surface area contributed by atoms with Crippen LogP contribution in [0.25, 0.3) is 0 Å². The first-order valence-corrected chi connectivity index (χ1v) is 9.25. The molecule has 2 aromatic heterocycles. The van der Waals surface area contributed by atoms with Gasteiger partial charge in [0, 0.05) is 24.2 Å². The van der Waals surface area contributed by atoms with E-state index in [0.717, 1.165) is 43.1 Å². The van der Waals surface area contributed by atoms with Crippen LogP contribution in [-0.4, -0.2) is 40.6 Å². The maximum absolute atomic E-state index is 12.3. The van der Waals surface area contributed by atoms with Crippen molar-refractivity contribution in [3.05, 3.63) is 40.7 Å². The Morgan fingerprint density at radius 2 is 2.38 bits per heavy atom. The van der Waals surface area contributed by atoms with Crippen molar-refractivity contribution in [3.8, 4) is 0 Å². The lowest BCUT2D eigenvalue weighted by Gasteiger charge is -2.35. The molecule has 0 bridgehead atoms. The van der Waals surface area contributed by atoms with Gasteiger partial charge in [0.1, 0.15) is 16.9 Å². The van der Waals surface area contributed by atoms with E-state index in [-0.39, 0.29) is 18.1 Å². The number of aromatic nitrogens is 1. The van der Waals surface area contributed by atoms with Crippen molar-refractivity contribution in [2.75, 3.05) is 6.54 Å². The summed E-state index contributed by atoms with van der Waals surface area (Å²) in [6.07, 6.45) is 6.01. The Morgan fingerprint density at radius 1 is 1.42 bits per heavy atom. The van der Waals surface area contributed by atoms with Crippen LogP contribution in [0, 0.1) is 0 Å². The minimum atomic E-state index is -0.346. The molecule has 7 heteroatoms. The van der Waals surface area contributed by atoms with E-state index in [9.17, 15) is 4.79 Å². The van der Waals surface area contributed by atoms with Crippen molar-refractivity contribution in [3.63, 3.8) is 0 Å². The Balaban J connectivity index is 1.29. The number of hydrogen-bond acceptors (Lipinski definition) is 6. The molecule has 0 radical (unpaired) electrons. The van der Waals surface area contributed by atoms with Gasteiger partial charge in [-0.1, -0.05) is 0 Å². The number of nitrogens with zero attached hydrogens (tertiary/aromatic N) is 2. The Bertz CT molecular complexity index is 659. The molecule has 2 saturated heterocycles. The summed E-state index contributed by atoms with van der Waals surface area (Å²) >= 11 is 1.69. The van der Waals surface area contributed by atoms with Crippen molar-refractivity contribution in [2.24, 2.45) is 0 Å². The van der Waals surface area contributed by atoms with Crippen LogP contribution in [0.5, 0.6) is 0 Å². The third kappa shape index (κ3) is 3.38. The number of ether oxygens (including phenoxy) is 1. The van der Waals surface area contributed by atoms with Crippen molar-refractivity contribution < 1.29 is 13.9 Å². The summed E-state index contributed by atoms with van der Waals surface area (Å²) in [7, 11) is 0. The Labute approximate surface area is 144 Å². The van der Waals surface area contributed by atoms with Gasteiger partial charge in [-0.3, -0.25) is 9.69 Å². The van der Waals surface area contributed by atoms with E-state index in [2.05, 4.69) is 15.2 Å². The van der Waals surface area contributed by atoms with Crippen molar-refractivity contribution in [2.45, 2.75) is 50.6 Å². The molecule has 2 aliphatic rings. The minimum absolute atomic E-state index is 0.0387. The molecule has 1 N–H and O–H groups in total. The van der Waals surface area contributed by atoms with Crippen LogP contribution in [0.4, 0.5) is 0 Å². The highest BCUT2D eigenvalue weighted by atomic mass is 32.1. The average molecular weight is 347 g/mol. The highest BCUT2D eigenvalue weighted by Gasteiger charge is 2.41. The van der Waals surface area contributed by atoms with Crippen LogP contribution in [-0.2, 0) is 22.6 Å². The molecule has 0 unspecified atom stereocenters. The van der Waals surface area contributed by atoms with Gasteiger partial charge >= 0.3 is 0 Å². The maximum atomic E-state index is 12.3. The molecule has 128 valence electrons. The zero-order valence-corrected chi connectivity index (χ0v) is 14.2. The van der Waals surface area contributed by atoms with E-state index in [1.807, 2.05) is 23.7 Å². The fourth-order valence-corrected chi connectivity index (χ4v) is 4.25. The van der Waals surface area contributed by atoms with Crippen LogP contribution in [0.15, 0.2) is 34.4 Å². The van der Waals surface area contributed by atoms with E-state index in [0.29, 0.717) is 12.6 Å². The first-order valence-electron chi connectivity index (χ1n) is 8.37. The number of thiazole rings is 1. The van der Waals surface area contributed by atoms with Crippen LogP contribution in [0.1, 0.15) is 30.0 Å². The maximum Gasteiger partial charge on any atom is 0.249 e. The quantitative estimate of drug-likeness (QED) is 0.898. The first-order chi connectivity index (χ1) is 11.8. The molecule has 0 saturated carbocycles. The van der Waals surface area contributed by atoms with Crippen LogP contribution in [0.3, 0.4) is 0 Å². The number of nitrogens with one attached hydrogen (secondary N) is 1. The number of carbonyl (C=O) groups excluding carboxylic acids is 1. The second-order valence-corrected chi connectivity index (χ2v) is 7.27. The number of amides is 1. The predicted molar refractivity (Wildman–Crippen MR) is 89.4 cm³/mol. The van der Waals surface area contributed by atoms with Gasteiger partial charge in [-0.15, -0.1) is 11.3 Å². The third-order valence-electron chi connectivity index (χ3n) is 4.79. The topological polar surface area (TPSA) is 67.6 Å². The zero-order chi connectivity index (χ0) is 16.4. The molecule has 2 aliphatic heterocycles. The second kappa shape index (κ2) is 7.04. The van der Waals surface area contributed by atoms with Gasteiger partial charge in [0.05, 0.1) is 25.5 Å². The number of likely N-dealkylation sites (tertiary alicyclic amines) is 1. The molecule has 0 aliphatic carbocycles. The largest absolute Gasteiger partial charge is 0.467 e. The van der Waals surface area contributed by atoms with E-state index in [4.69, 9.17) is 9.15 Å². The minimum Gasteiger partial charge on any atom is -0.467 e. The fraction of sp³-hybridized carbons (Fsp3) is 0.529. The molecule has 0 aromatic carbocycles. The molecular weight excluding hydrogens is 326 g/mol. The predicted octanol–water partition coefficient (Wildman–Crippen LogP) is 2.17. The molecular formula is C17H21N3O3S. The second-order valence-electron chi connectivity index (χ2n) is 6.29. The lowest BCUT2D eigenvalue weighted by atomic mass is 9.98. The zero-order valence-electron chi connectivity index (χ0n) is 13.4. The average Bonchev–Trinajstić information content (AvgIpc) is 3.35. The molecule has 4 rings (SSSR count). The summed E-state index contributed by atoms with van der Waals surface area (Å²) in [5.74, 6) is 0.718. The fourth-order valence-electron chi connectivity index (χ4n) is 3.61. The first kappa shape index (κ1) is 15.8. The van der Waals surface area contributed by atoms with E-state index in [1.165, 1.54) is 0 Å². The normalized spacial score (nSPS) is 27.1. The van der Waals surface area contributed by atoms with Crippen molar-refractivity contribution in [1.29, 1.82) is 0 Å². The molecule has 2 fully saturated rings. The summed E-state index contributed by atoms with van der Waals surface area (Å²) in [5, 5.41) is 6.06. The summed E-state index contributed by atoms with van der Waals surface area (Å²) in [6, 6.07) is 4.08. The standard InChI is InChI=1S/C17H21N3O3S/c21-17(19-10-12-2-1-8-22-12)15-4-3-13-14(23-15)5-7-20(13)11-16-18-6-9-24-16/h1-2,6,8-9,13-15H,3-5,7,10-11H2,(H,19,21)/t13-,14-,15-/m1/s1. The highest BCUT2D eigenvalue weighted by Crippen LogP contribution is 2.32. The Kier molecular flexibility index (Phi) is 4.64. The Morgan fingerprint density at radius 3 is 3.17 bits per heavy atom. The van der Waals surface area contributed by atoms with Crippen molar-refractivity contribution >= 4 is 17.2 Å². The SMILES string of the molecule is O=C(NCc1ccco1)[C@H]1CC[C@@H]2[C@@H](CCN2Cc2nccs2)O1. The van der Waals surface area contributed by atoms with Gasteiger partial charge in [-0.2, -0.15) is 0 Å². The van der Waals surface area contributed by atoms with Crippen LogP contribution in [0.2, 0.25) is 0 Å². The number of furan rings is 1. The number of rotatable bonds is 5. The van der Waals surface area contributed by atoms with Crippen molar-refractivity contribution in [1.82, 2.24) is 15.2 Å². The van der Waals surface area contributed by atoms with Gasteiger partial charge in [0.2, 0.25) is 5.91 Å². The molecule has 2 aromatic rings. The van der Waals surface area contributed by atoms with E-state index >= 15 is 0 Å². The molecule has 6 nitrogen and oxygen atoms in total. The molecule has 4 heterocycles. The highest BCUT2D eigenvalue weighted by molar-refractivity contribution is 7.09. The van der Waals surface area contributed by atoms with Gasteiger partial charge in [0.15, 0.2) is 0 Å². The number of carbonyl (C=O) groups is 1. The van der Waals surface area contributed by atoms with Crippen LogP contribution < -0.4 is 5.32 Å². The van der Waals surface area contributed by atoms with E-state index in [1.54, 1.807) is 17.6 Å². The van der Waals surface area contributed by atoms with Gasteiger partial charge < -0.3 is 14.5 Å². The third-order valence-corrected chi connectivity index (χ3v) is 5.56. The summed E-state index contributed by atoms with van der Waals surface area (Å²) in [4.78, 5) is 19.1. The summed E-state index contributed by atoms with van der Waals surface area (Å²) in [6.45, 7) is 2.31. The Hall–Kier alpha value is -1.70. The van der Waals surface area contributed by atoms with Gasteiger partial charge in [-0.05, 0) is 31.4 Å². The van der Waals surface area contributed by atoms with Gasteiger partial charge in [-0.25, -0.2) is 4.98 Å². The molecule has 24 heavy (non-hydrogen) atoms. The van der Waals surface area contributed by atoms with Crippen LogP contribution >= 0.6 is 11.3 Å². The monoisotopic (exact) mass is 347 g/mol. The lowest BCUT2D eigenvalue weighted by molar-refractivity contribution is -0.144. The molecule has 0 spiro atoms. The summed E-state index contributed by atoms with van der Waals surface area (Å²) in [5.41, 5.74) is 0. The number of hydrogen-bond donors (Lipinski definition) is 1. The summed E-state index contributed by atoms with van der Waals surface area (Å²) < 4.78 is 11.3. The molecule has 1 amide bonds. The lowest BCUT2D eigenvalue weighted by Crippen LogP contribution is -2.47.